The van der Waals surface area contributed by atoms with E-state index in [0.29, 0.717) is 28.5 Å². The predicted molar refractivity (Wildman–Crippen MR) is 84.3 cm³/mol. The van der Waals surface area contributed by atoms with Crippen LogP contribution < -0.4 is 9.47 Å². The van der Waals surface area contributed by atoms with E-state index in [2.05, 4.69) is 0 Å². The first kappa shape index (κ1) is 15.7. The average Bonchev–Trinajstić information content (AvgIpc) is 2.48. The van der Waals surface area contributed by atoms with Crippen molar-refractivity contribution >= 4 is 11.6 Å². The highest BCUT2D eigenvalue weighted by Crippen LogP contribution is 2.35. The highest BCUT2D eigenvalue weighted by molar-refractivity contribution is 6.30. The molecule has 0 aliphatic heterocycles. The minimum Gasteiger partial charge on any atom is -0.497 e. The fourth-order valence-corrected chi connectivity index (χ4v) is 2.46. The number of benzene rings is 2. The molecule has 4 heteroatoms. The third-order valence-corrected chi connectivity index (χ3v) is 3.70. The van der Waals surface area contributed by atoms with Crippen molar-refractivity contribution in [2.75, 3.05) is 14.2 Å². The van der Waals surface area contributed by atoms with Gasteiger partial charge in [0.25, 0.3) is 0 Å². The first-order valence-corrected chi connectivity index (χ1v) is 7.03. The molecule has 0 radical (unpaired) electrons. The molecule has 2 aromatic carbocycles. The molecule has 112 valence electrons. The largest absolute Gasteiger partial charge is 0.497 e. The van der Waals surface area contributed by atoms with Gasteiger partial charge in [-0.3, -0.25) is 0 Å². The van der Waals surface area contributed by atoms with Gasteiger partial charge in [-0.15, -0.1) is 0 Å². The van der Waals surface area contributed by atoms with Crippen LogP contribution >= 0.6 is 11.6 Å². The Morgan fingerprint density at radius 3 is 2.29 bits per heavy atom. The van der Waals surface area contributed by atoms with Crippen LogP contribution in [0.15, 0.2) is 42.5 Å². The molecule has 0 fully saturated rings. The number of halogens is 1. The molecular weight excluding hydrogens is 288 g/mol. The van der Waals surface area contributed by atoms with Crippen LogP contribution in [0.25, 0.3) is 0 Å². The number of aliphatic hydroxyl groups is 1. The van der Waals surface area contributed by atoms with E-state index in [1.165, 1.54) is 0 Å². The lowest BCUT2D eigenvalue weighted by atomic mass is 9.88. The summed E-state index contributed by atoms with van der Waals surface area (Å²) in [5, 5.41) is 11.6. The molecule has 1 atom stereocenters. The Hall–Kier alpha value is -1.71. The molecule has 0 amide bonds. The summed E-state index contributed by atoms with van der Waals surface area (Å²) in [6, 6.07) is 12.8. The summed E-state index contributed by atoms with van der Waals surface area (Å²) in [4.78, 5) is 0. The Bertz CT molecular complexity index is 606. The van der Waals surface area contributed by atoms with E-state index >= 15 is 0 Å². The van der Waals surface area contributed by atoms with Crippen molar-refractivity contribution < 1.29 is 14.6 Å². The van der Waals surface area contributed by atoms with Gasteiger partial charge in [0.15, 0.2) is 0 Å². The van der Waals surface area contributed by atoms with Crippen molar-refractivity contribution in [2.45, 2.75) is 18.9 Å². The van der Waals surface area contributed by atoms with Gasteiger partial charge in [0.05, 0.1) is 19.8 Å². The smallest absolute Gasteiger partial charge is 0.125 e. The monoisotopic (exact) mass is 306 g/mol. The van der Waals surface area contributed by atoms with Crippen LogP contribution in [-0.2, 0) is 12.0 Å². The zero-order valence-corrected chi connectivity index (χ0v) is 13.1. The van der Waals surface area contributed by atoms with Crippen LogP contribution in [0.4, 0.5) is 0 Å². The molecule has 21 heavy (non-hydrogen) atoms. The molecule has 2 rings (SSSR count). The third kappa shape index (κ3) is 3.69. The Morgan fingerprint density at radius 2 is 1.71 bits per heavy atom. The maximum atomic E-state index is 10.9. The highest BCUT2D eigenvalue weighted by atomic mass is 35.5. The van der Waals surface area contributed by atoms with Gasteiger partial charge in [-0.2, -0.15) is 0 Å². The number of rotatable bonds is 5. The lowest BCUT2D eigenvalue weighted by Crippen LogP contribution is -2.25. The topological polar surface area (TPSA) is 38.7 Å². The Morgan fingerprint density at radius 1 is 1.05 bits per heavy atom. The minimum atomic E-state index is -1.08. The number of methoxy groups -OCH3 is 2. The minimum absolute atomic E-state index is 0.452. The Balaban J connectivity index is 2.35. The predicted octanol–water partition coefficient (Wildman–Crippen LogP) is 3.81. The fraction of sp³-hybridized carbons (Fsp3) is 0.294. The van der Waals surface area contributed by atoms with E-state index in [-0.39, 0.29) is 0 Å². The molecule has 0 spiro atoms. The molecule has 3 nitrogen and oxygen atoms in total. The molecule has 0 saturated carbocycles. The fourth-order valence-electron chi connectivity index (χ4n) is 2.33. The second-order valence-corrected chi connectivity index (χ2v) is 5.58. The van der Waals surface area contributed by atoms with Crippen molar-refractivity contribution in [3.05, 3.63) is 58.6 Å². The van der Waals surface area contributed by atoms with Crippen molar-refractivity contribution in [3.8, 4) is 11.5 Å². The second-order valence-electron chi connectivity index (χ2n) is 5.14. The first-order chi connectivity index (χ1) is 9.96. The van der Waals surface area contributed by atoms with Gasteiger partial charge in [0, 0.05) is 17.0 Å². The van der Waals surface area contributed by atoms with Crippen molar-refractivity contribution in [3.63, 3.8) is 0 Å². The summed E-state index contributed by atoms with van der Waals surface area (Å²) in [7, 11) is 3.18. The van der Waals surface area contributed by atoms with Gasteiger partial charge in [0.1, 0.15) is 11.5 Å². The molecule has 0 heterocycles. The molecule has 0 aliphatic carbocycles. The van der Waals surface area contributed by atoms with E-state index in [1.807, 2.05) is 24.3 Å². The van der Waals surface area contributed by atoms with Crippen LogP contribution in [0.2, 0.25) is 5.02 Å². The second kappa shape index (κ2) is 6.37. The molecule has 1 unspecified atom stereocenters. The summed E-state index contributed by atoms with van der Waals surface area (Å²) in [5.41, 5.74) is 0.613. The summed E-state index contributed by atoms with van der Waals surface area (Å²) < 4.78 is 10.6. The van der Waals surface area contributed by atoms with Crippen molar-refractivity contribution in [1.29, 1.82) is 0 Å². The van der Waals surface area contributed by atoms with Crippen LogP contribution in [-0.4, -0.2) is 19.3 Å². The molecule has 0 aromatic heterocycles. The quantitative estimate of drug-likeness (QED) is 0.913. The highest BCUT2D eigenvalue weighted by Gasteiger charge is 2.28. The van der Waals surface area contributed by atoms with Crippen molar-refractivity contribution in [2.24, 2.45) is 0 Å². The zero-order chi connectivity index (χ0) is 15.5. The Labute approximate surface area is 130 Å². The molecular formula is C17H19ClO3. The number of hydrogen-bond donors (Lipinski definition) is 1. The van der Waals surface area contributed by atoms with Gasteiger partial charge in [-0.05, 0) is 42.8 Å². The Kier molecular flexibility index (Phi) is 4.76. The zero-order valence-electron chi connectivity index (χ0n) is 12.4. The van der Waals surface area contributed by atoms with Crippen LogP contribution in [0.3, 0.4) is 0 Å². The summed E-state index contributed by atoms with van der Waals surface area (Å²) in [6.07, 6.45) is 0.452. The molecule has 0 aliphatic rings. The standard InChI is InChI=1S/C17H19ClO3/c1-17(19,11-12-4-6-13(18)7-5-12)15-10-14(20-2)8-9-16(15)21-3/h4-10,19H,11H2,1-3H3. The normalized spacial score (nSPS) is 13.6. The maximum Gasteiger partial charge on any atom is 0.125 e. The van der Waals surface area contributed by atoms with Crippen LogP contribution in [0, 0.1) is 0 Å². The van der Waals surface area contributed by atoms with Gasteiger partial charge >= 0.3 is 0 Å². The van der Waals surface area contributed by atoms with Gasteiger partial charge < -0.3 is 14.6 Å². The van der Waals surface area contributed by atoms with E-state index in [0.717, 1.165) is 5.56 Å². The summed E-state index contributed by atoms with van der Waals surface area (Å²) in [6.45, 7) is 1.76. The molecule has 2 aromatic rings. The van der Waals surface area contributed by atoms with Gasteiger partial charge in [-0.25, -0.2) is 0 Å². The lowest BCUT2D eigenvalue weighted by Gasteiger charge is -2.26. The average molecular weight is 307 g/mol. The SMILES string of the molecule is COc1ccc(OC)c(C(C)(O)Cc2ccc(Cl)cc2)c1. The van der Waals surface area contributed by atoms with Crippen LogP contribution in [0.1, 0.15) is 18.1 Å². The summed E-state index contributed by atoms with van der Waals surface area (Å²) >= 11 is 5.89. The number of ether oxygens (including phenoxy) is 2. The van der Waals surface area contributed by atoms with E-state index < -0.39 is 5.60 Å². The van der Waals surface area contributed by atoms with Gasteiger partial charge in [0.2, 0.25) is 0 Å². The molecule has 1 N–H and O–H groups in total. The lowest BCUT2D eigenvalue weighted by molar-refractivity contribution is 0.0547. The van der Waals surface area contributed by atoms with Gasteiger partial charge in [-0.1, -0.05) is 23.7 Å². The number of hydrogen-bond acceptors (Lipinski definition) is 3. The summed E-state index contributed by atoms with van der Waals surface area (Å²) in [5.74, 6) is 1.32. The van der Waals surface area contributed by atoms with E-state index in [1.54, 1.807) is 39.3 Å². The van der Waals surface area contributed by atoms with Crippen molar-refractivity contribution in [1.82, 2.24) is 0 Å². The maximum absolute atomic E-state index is 10.9. The van der Waals surface area contributed by atoms with Crippen LogP contribution in [0.5, 0.6) is 11.5 Å². The van der Waals surface area contributed by atoms with E-state index in [9.17, 15) is 5.11 Å². The molecule has 0 saturated heterocycles. The first-order valence-electron chi connectivity index (χ1n) is 6.65. The van der Waals surface area contributed by atoms with E-state index in [4.69, 9.17) is 21.1 Å². The third-order valence-electron chi connectivity index (χ3n) is 3.45. The molecule has 0 bridgehead atoms.